The minimum absolute atomic E-state index is 0.102. The summed E-state index contributed by atoms with van der Waals surface area (Å²) in [6.45, 7) is 0. The molecule has 2 aliphatic rings. The summed E-state index contributed by atoms with van der Waals surface area (Å²) in [6, 6.07) is 7.67. The van der Waals surface area contributed by atoms with Gasteiger partial charge >= 0.3 is 0 Å². The highest BCUT2D eigenvalue weighted by atomic mass is 35.5. The number of hydrogen-bond donors (Lipinski definition) is 1. The molecule has 5 nitrogen and oxygen atoms in total. The highest BCUT2D eigenvalue weighted by Crippen LogP contribution is 2.37. The monoisotopic (exact) mass is 426 g/mol. The predicted molar refractivity (Wildman–Crippen MR) is 121 cm³/mol. The molecule has 150 valence electrons. The highest BCUT2D eigenvalue weighted by Gasteiger charge is 2.26. The molecule has 2 heterocycles. The number of aryl methyl sites for hydroxylation is 2. The Kier molecular flexibility index (Phi) is 5.14. The smallest absolute Gasteiger partial charge is 0.264 e. The van der Waals surface area contributed by atoms with E-state index in [1.54, 1.807) is 17.6 Å². The van der Waals surface area contributed by atoms with Crippen LogP contribution in [-0.2, 0) is 12.8 Å². The van der Waals surface area contributed by atoms with Crippen LogP contribution in [0.1, 0.15) is 60.6 Å². The molecule has 0 bridgehead atoms. The fourth-order valence-electron chi connectivity index (χ4n) is 4.53. The van der Waals surface area contributed by atoms with Crippen molar-refractivity contribution in [2.45, 2.75) is 57.4 Å². The summed E-state index contributed by atoms with van der Waals surface area (Å²) < 4.78 is 1.88. The van der Waals surface area contributed by atoms with Gasteiger partial charge in [0.15, 0.2) is 0 Å². The Morgan fingerprint density at radius 3 is 2.72 bits per heavy atom. The van der Waals surface area contributed by atoms with E-state index in [0.717, 1.165) is 60.7 Å². The standard InChI is InChI=1S/C22H23ClN4OS/c23-15-11-9-14(10-12-15)13-24-26-22-25-20-19(17-7-4-8-18(17)29-20)21(28)27(22)16-5-2-1-3-6-16/h9-13,16H,1-8H2,(H,25,26)/b24-13-. The molecule has 3 aromatic rings. The molecule has 29 heavy (non-hydrogen) atoms. The molecule has 2 aliphatic carbocycles. The molecule has 1 fully saturated rings. The van der Waals surface area contributed by atoms with Gasteiger partial charge in [-0.1, -0.05) is 43.0 Å². The number of benzene rings is 1. The van der Waals surface area contributed by atoms with Gasteiger partial charge in [-0.15, -0.1) is 11.3 Å². The first kappa shape index (κ1) is 18.8. The van der Waals surface area contributed by atoms with Crippen LogP contribution in [0.5, 0.6) is 0 Å². The first-order valence-electron chi connectivity index (χ1n) is 10.3. The van der Waals surface area contributed by atoms with Crippen molar-refractivity contribution >= 4 is 45.3 Å². The Bertz CT molecular complexity index is 1130. The molecule has 0 radical (unpaired) electrons. The molecule has 0 saturated heterocycles. The third-order valence-corrected chi connectivity index (χ3v) is 7.40. The van der Waals surface area contributed by atoms with E-state index in [4.69, 9.17) is 16.6 Å². The van der Waals surface area contributed by atoms with E-state index < -0.39 is 0 Å². The van der Waals surface area contributed by atoms with Crippen LogP contribution in [0.2, 0.25) is 5.02 Å². The van der Waals surface area contributed by atoms with Crippen LogP contribution in [-0.4, -0.2) is 15.8 Å². The zero-order valence-corrected chi connectivity index (χ0v) is 17.7. The van der Waals surface area contributed by atoms with Gasteiger partial charge in [0.25, 0.3) is 5.56 Å². The molecule has 0 aliphatic heterocycles. The number of nitrogens with one attached hydrogen (secondary N) is 1. The predicted octanol–water partition coefficient (Wildman–Crippen LogP) is 5.55. The van der Waals surface area contributed by atoms with E-state index in [0.29, 0.717) is 11.0 Å². The van der Waals surface area contributed by atoms with Gasteiger partial charge in [0.05, 0.1) is 11.6 Å². The fraction of sp³-hybridized carbons (Fsp3) is 0.409. The molecule has 1 saturated carbocycles. The number of halogens is 1. The van der Waals surface area contributed by atoms with E-state index >= 15 is 0 Å². The van der Waals surface area contributed by atoms with Gasteiger partial charge in [0.2, 0.25) is 5.95 Å². The van der Waals surface area contributed by atoms with E-state index in [2.05, 4.69) is 10.5 Å². The molecule has 7 heteroatoms. The Morgan fingerprint density at radius 2 is 1.93 bits per heavy atom. The van der Waals surface area contributed by atoms with Gasteiger partial charge in [0.1, 0.15) is 4.83 Å². The van der Waals surface area contributed by atoms with E-state index in [1.165, 1.54) is 16.9 Å². The Morgan fingerprint density at radius 1 is 1.14 bits per heavy atom. The van der Waals surface area contributed by atoms with E-state index in [9.17, 15) is 4.79 Å². The van der Waals surface area contributed by atoms with Gasteiger partial charge in [-0.25, -0.2) is 10.4 Å². The van der Waals surface area contributed by atoms with Crippen LogP contribution in [0.4, 0.5) is 5.95 Å². The molecule has 1 aromatic carbocycles. The lowest BCUT2D eigenvalue weighted by Crippen LogP contribution is -2.29. The number of nitrogens with zero attached hydrogens (tertiary/aromatic N) is 3. The fourth-order valence-corrected chi connectivity index (χ4v) is 5.90. The number of hydrogen-bond acceptors (Lipinski definition) is 5. The van der Waals surface area contributed by atoms with Crippen molar-refractivity contribution in [3.63, 3.8) is 0 Å². The van der Waals surface area contributed by atoms with Crippen LogP contribution >= 0.6 is 22.9 Å². The van der Waals surface area contributed by atoms with Crippen molar-refractivity contribution in [1.82, 2.24) is 9.55 Å². The lowest BCUT2D eigenvalue weighted by atomic mass is 9.95. The molecule has 1 N–H and O–H groups in total. The summed E-state index contributed by atoms with van der Waals surface area (Å²) in [6.07, 6.45) is 10.5. The Balaban J connectivity index is 1.55. The topological polar surface area (TPSA) is 59.3 Å². The van der Waals surface area contributed by atoms with Crippen molar-refractivity contribution in [3.8, 4) is 0 Å². The summed E-state index contributed by atoms with van der Waals surface area (Å²) in [7, 11) is 0. The van der Waals surface area contributed by atoms with Crippen LogP contribution in [0, 0.1) is 0 Å². The molecule has 0 spiro atoms. The van der Waals surface area contributed by atoms with Crippen LogP contribution < -0.4 is 11.0 Å². The largest absolute Gasteiger partial charge is 0.274 e. The van der Waals surface area contributed by atoms with Gasteiger partial charge in [-0.2, -0.15) is 5.10 Å². The third-order valence-electron chi connectivity index (χ3n) is 5.96. The van der Waals surface area contributed by atoms with Gasteiger partial charge in [-0.3, -0.25) is 9.36 Å². The zero-order chi connectivity index (χ0) is 19.8. The van der Waals surface area contributed by atoms with Crippen LogP contribution in [0.3, 0.4) is 0 Å². The molecule has 5 rings (SSSR count). The zero-order valence-electron chi connectivity index (χ0n) is 16.2. The normalized spacial score (nSPS) is 17.3. The van der Waals surface area contributed by atoms with Crippen molar-refractivity contribution in [2.24, 2.45) is 5.10 Å². The molecule has 0 unspecified atom stereocenters. The SMILES string of the molecule is O=c1c2c3c(sc2nc(N/N=C\c2ccc(Cl)cc2)n1C1CCCCC1)CCC3. The van der Waals surface area contributed by atoms with Crippen molar-refractivity contribution in [2.75, 3.05) is 5.43 Å². The molecule has 0 atom stereocenters. The summed E-state index contributed by atoms with van der Waals surface area (Å²) in [4.78, 5) is 20.6. The van der Waals surface area contributed by atoms with Gasteiger partial charge in [0, 0.05) is 15.9 Å². The molecule has 2 aromatic heterocycles. The second kappa shape index (κ2) is 7.92. The van der Waals surface area contributed by atoms with Crippen molar-refractivity contribution in [1.29, 1.82) is 0 Å². The highest BCUT2D eigenvalue weighted by molar-refractivity contribution is 7.18. The Labute approximate surface area is 178 Å². The third kappa shape index (κ3) is 3.60. The maximum atomic E-state index is 13.6. The quantitative estimate of drug-likeness (QED) is 0.439. The van der Waals surface area contributed by atoms with Crippen molar-refractivity contribution < 1.29 is 0 Å². The summed E-state index contributed by atoms with van der Waals surface area (Å²) in [5.74, 6) is 0.555. The van der Waals surface area contributed by atoms with Crippen molar-refractivity contribution in [3.05, 3.63) is 55.6 Å². The maximum Gasteiger partial charge on any atom is 0.264 e. The van der Waals surface area contributed by atoms with Gasteiger partial charge < -0.3 is 0 Å². The first-order chi connectivity index (χ1) is 14.2. The van der Waals surface area contributed by atoms with Gasteiger partial charge in [-0.05, 0) is 55.4 Å². The minimum Gasteiger partial charge on any atom is -0.274 e. The number of anilines is 1. The molecule has 0 amide bonds. The lowest BCUT2D eigenvalue weighted by molar-refractivity contribution is 0.348. The number of thiophene rings is 1. The second-order valence-corrected chi connectivity index (χ2v) is 9.38. The number of aromatic nitrogens is 2. The average Bonchev–Trinajstić information content (AvgIpc) is 3.31. The summed E-state index contributed by atoms with van der Waals surface area (Å²) in [5, 5.41) is 5.91. The minimum atomic E-state index is 0.102. The first-order valence-corrected chi connectivity index (χ1v) is 11.5. The summed E-state index contributed by atoms with van der Waals surface area (Å²) in [5.41, 5.74) is 5.34. The summed E-state index contributed by atoms with van der Waals surface area (Å²) >= 11 is 7.62. The van der Waals surface area contributed by atoms with E-state index in [-0.39, 0.29) is 11.6 Å². The lowest BCUT2D eigenvalue weighted by Gasteiger charge is -2.25. The van der Waals surface area contributed by atoms with Crippen LogP contribution in [0.15, 0.2) is 34.2 Å². The Hall–Kier alpha value is -2.18. The van der Waals surface area contributed by atoms with E-state index in [1.807, 2.05) is 28.8 Å². The maximum absolute atomic E-state index is 13.6. The number of hydrazone groups is 1. The second-order valence-electron chi connectivity index (χ2n) is 7.86. The molecular weight excluding hydrogens is 404 g/mol. The number of rotatable bonds is 4. The van der Waals surface area contributed by atoms with Crippen LogP contribution in [0.25, 0.3) is 10.2 Å². The average molecular weight is 427 g/mol. The molecular formula is C22H23ClN4OS. The number of fused-ring (bicyclic) bond motifs is 3.